The molecule has 0 aromatic carbocycles. The van der Waals surface area contributed by atoms with Crippen molar-refractivity contribution in [3.63, 3.8) is 0 Å². The number of aromatic nitrogens is 1. The molecule has 96 valence electrons. The number of H-pyrrole nitrogens is 1. The summed E-state index contributed by atoms with van der Waals surface area (Å²) in [5, 5.41) is 3.50. The van der Waals surface area contributed by atoms with E-state index < -0.39 is 0 Å². The van der Waals surface area contributed by atoms with Gasteiger partial charge < -0.3 is 15.0 Å². The topological polar surface area (TPSA) is 54.1 Å². The molecule has 0 spiro atoms. The molecule has 0 fully saturated rings. The van der Waals surface area contributed by atoms with E-state index in [1.54, 1.807) is 6.07 Å². The molecule has 1 aromatic rings. The highest BCUT2D eigenvalue weighted by Gasteiger charge is 2.18. The zero-order valence-corrected chi connectivity index (χ0v) is 11.1. The van der Waals surface area contributed by atoms with Crippen LogP contribution in [-0.2, 0) is 11.3 Å². The molecule has 0 amide bonds. The molecule has 0 bridgehead atoms. The van der Waals surface area contributed by atoms with Gasteiger partial charge in [0.25, 0.3) is 0 Å². The van der Waals surface area contributed by atoms with Crippen LogP contribution in [0.25, 0.3) is 0 Å². The summed E-state index contributed by atoms with van der Waals surface area (Å²) < 4.78 is 4.65. The lowest BCUT2D eigenvalue weighted by molar-refractivity contribution is 0.0594. The summed E-state index contributed by atoms with van der Waals surface area (Å²) in [5.74, 6) is -0.329. The number of rotatable bonds is 6. The molecule has 2 N–H and O–H groups in total. The van der Waals surface area contributed by atoms with Crippen molar-refractivity contribution in [1.82, 2.24) is 10.3 Å². The molecular weight excluding hydrogens is 216 g/mol. The standard InChI is InChI=1S/C13H22N2O2/c1-5-13(3,6-2)14-9-10-7-8-11(15-10)12(16)17-4/h7-8,14-15H,5-6,9H2,1-4H3. The molecule has 0 saturated carbocycles. The van der Waals surface area contributed by atoms with E-state index in [1.807, 2.05) is 6.07 Å². The van der Waals surface area contributed by atoms with E-state index in [-0.39, 0.29) is 11.5 Å². The van der Waals surface area contributed by atoms with Crippen molar-refractivity contribution >= 4 is 5.97 Å². The number of methoxy groups -OCH3 is 1. The number of ether oxygens (including phenoxy) is 1. The van der Waals surface area contributed by atoms with Gasteiger partial charge in [0, 0.05) is 17.8 Å². The van der Waals surface area contributed by atoms with E-state index in [0.29, 0.717) is 5.69 Å². The molecule has 17 heavy (non-hydrogen) atoms. The Balaban J connectivity index is 2.58. The van der Waals surface area contributed by atoms with Gasteiger partial charge in [-0.3, -0.25) is 0 Å². The van der Waals surface area contributed by atoms with Crippen LogP contribution in [0.5, 0.6) is 0 Å². The fourth-order valence-electron chi connectivity index (χ4n) is 1.58. The van der Waals surface area contributed by atoms with E-state index >= 15 is 0 Å². The second-order valence-electron chi connectivity index (χ2n) is 4.51. The molecule has 0 saturated heterocycles. The Morgan fingerprint density at radius 1 is 1.41 bits per heavy atom. The van der Waals surface area contributed by atoms with Crippen LogP contribution in [0.15, 0.2) is 12.1 Å². The first-order chi connectivity index (χ1) is 8.04. The maximum Gasteiger partial charge on any atom is 0.354 e. The first kappa shape index (κ1) is 13.8. The van der Waals surface area contributed by atoms with Gasteiger partial charge in [0.1, 0.15) is 5.69 Å². The van der Waals surface area contributed by atoms with Gasteiger partial charge in [-0.15, -0.1) is 0 Å². The third-order valence-electron chi connectivity index (χ3n) is 3.42. The first-order valence-corrected chi connectivity index (χ1v) is 6.06. The van der Waals surface area contributed by atoms with Crippen molar-refractivity contribution in [2.75, 3.05) is 7.11 Å². The third kappa shape index (κ3) is 3.60. The minimum atomic E-state index is -0.329. The molecule has 0 unspecified atom stereocenters. The lowest BCUT2D eigenvalue weighted by atomic mass is 9.95. The van der Waals surface area contributed by atoms with Gasteiger partial charge in [0.05, 0.1) is 7.11 Å². The van der Waals surface area contributed by atoms with Gasteiger partial charge in [0.15, 0.2) is 0 Å². The summed E-state index contributed by atoms with van der Waals surface area (Å²) in [7, 11) is 1.38. The number of carbonyl (C=O) groups is 1. The maximum atomic E-state index is 11.3. The minimum absolute atomic E-state index is 0.149. The second-order valence-corrected chi connectivity index (χ2v) is 4.51. The normalized spacial score (nSPS) is 11.5. The molecule has 4 nitrogen and oxygen atoms in total. The molecule has 1 aromatic heterocycles. The largest absolute Gasteiger partial charge is 0.464 e. The van der Waals surface area contributed by atoms with Crippen LogP contribution >= 0.6 is 0 Å². The Morgan fingerprint density at radius 2 is 2.06 bits per heavy atom. The number of aromatic amines is 1. The number of carbonyl (C=O) groups excluding carboxylic acids is 1. The third-order valence-corrected chi connectivity index (χ3v) is 3.42. The lowest BCUT2D eigenvalue weighted by Gasteiger charge is -2.28. The van der Waals surface area contributed by atoms with Crippen molar-refractivity contribution < 1.29 is 9.53 Å². The van der Waals surface area contributed by atoms with Crippen LogP contribution in [0.1, 0.15) is 49.8 Å². The number of hydrogen-bond donors (Lipinski definition) is 2. The quantitative estimate of drug-likeness (QED) is 0.749. The Hall–Kier alpha value is -1.29. The molecule has 0 aliphatic heterocycles. The Bertz CT molecular complexity index is 367. The Kier molecular flexibility index (Phi) is 4.75. The van der Waals surface area contributed by atoms with Crippen molar-refractivity contribution in [3.05, 3.63) is 23.5 Å². The van der Waals surface area contributed by atoms with Gasteiger partial charge in [-0.2, -0.15) is 0 Å². The smallest absolute Gasteiger partial charge is 0.354 e. The molecule has 1 rings (SSSR count). The fourth-order valence-corrected chi connectivity index (χ4v) is 1.58. The van der Waals surface area contributed by atoms with Crippen molar-refractivity contribution in [2.45, 2.75) is 45.7 Å². The van der Waals surface area contributed by atoms with Gasteiger partial charge in [0.2, 0.25) is 0 Å². The molecule has 0 radical (unpaired) electrons. The highest BCUT2D eigenvalue weighted by molar-refractivity contribution is 5.87. The van der Waals surface area contributed by atoms with E-state index in [2.05, 4.69) is 35.8 Å². The van der Waals surface area contributed by atoms with Crippen LogP contribution in [-0.4, -0.2) is 23.6 Å². The zero-order chi connectivity index (χ0) is 12.9. The maximum absolute atomic E-state index is 11.3. The fraction of sp³-hybridized carbons (Fsp3) is 0.615. The number of hydrogen-bond acceptors (Lipinski definition) is 3. The predicted molar refractivity (Wildman–Crippen MR) is 68.0 cm³/mol. The van der Waals surface area contributed by atoms with Gasteiger partial charge in [-0.25, -0.2) is 4.79 Å². The highest BCUT2D eigenvalue weighted by Crippen LogP contribution is 2.14. The molecule has 4 heteroatoms. The lowest BCUT2D eigenvalue weighted by Crippen LogP contribution is -2.40. The summed E-state index contributed by atoms with van der Waals surface area (Å²) in [6.45, 7) is 7.28. The van der Waals surface area contributed by atoms with Crippen LogP contribution in [0.4, 0.5) is 0 Å². The predicted octanol–water partition coefficient (Wildman–Crippen LogP) is 2.47. The molecule has 0 aliphatic carbocycles. The van der Waals surface area contributed by atoms with Crippen molar-refractivity contribution in [2.24, 2.45) is 0 Å². The average molecular weight is 238 g/mol. The Labute approximate surface area is 103 Å². The van der Waals surface area contributed by atoms with Gasteiger partial charge >= 0.3 is 5.97 Å². The van der Waals surface area contributed by atoms with E-state index in [0.717, 1.165) is 25.1 Å². The average Bonchev–Trinajstić information content (AvgIpc) is 2.84. The van der Waals surface area contributed by atoms with E-state index in [1.165, 1.54) is 7.11 Å². The van der Waals surface area contributed by atoms with Crippen LogP contribution in [0, 0.1) is 0 Å². The van der Waals surface area contributed by atoms with E-state index in [4.69, 9.17) is 0 Å². The van der Waals surface area contributed by atoms with Gasteiger partial charge in [-0.05, 0) is 31.9 Å². The zero-order valence-electron chi connectivity index (χ0n) is 11.1. The van der Waals surface area contributed by atoms with Crippen LogP contribution in [0.3, 0.4) is 0 Å². The molecular formula is C13H22N2O2. The Morgan fingerprint density at radius 3 is 2.59 bits per heavy atom. The monoisotopic (exact) mass is 238 g/mol. The number of esters is 1. The SMILES string of the molecule is CCC(C)(CC)NCc1ccc(C(=O)OC)[nH]1. The molecule has 0 aliphatic rings. The summed E-state index contributed by atoms with van der Waals surface area (Å²) in [4.78, 5) is 14.3. The van der Waals surface area contributed by atoms with Crippen molar-refractivity contribution in [3.8, 4) is 0 Å². The van der Waals surface area contributed by atoms with E-state index in [9.17, 15) is 4.79 Å². The van der Waals surface area contributed by atoms with Crippen LogP contribution < -0.4 is 5.32 Å². The summed E-state index contributed by atoms with van der Waals surface area (Å²) in [6.07, 6.45) is 2.15. The summed E-state index contributed by atoms with van der Waals surface area (Å²) in [6, 6.07) is 3.66. The van der Waals surface area contributed by atoms with Crippen LogP contribution in [0.2, 0.25) is 0 Å². The first-order valence-electron chi connectivity index (χ1n) is 6.06. The highest BCUT2D eigenvalue weighted by atomic mass is 16.5. The summed E-state index contributed by atoms with van der Waals surface area (Å²) in [5.41, 5.74) is 1.65. The molecule has 1 heterocycles. The van der Waals surface area contributed by atoms with Crippen molar-refractivity contribution in [1.29, 1.82) is 0 Å². The molecule has 0 atom stereocenters. The van der Waals surface area contributed by atoms with Gasteiger partial charge in [-0.1, -0.05) is 13.8 Å². The summed E-state index contributed by atoms with van der Waals surface area (Å²) >= 11 is 0. The minimum Gasteiger partial charge on any atom is -0.464 e. The second kappa shape index (κ2) is 5.87. The number of nitrogens with one attached hydrogen (secondary N) is 2.